The second-order valence-electron chi connectivity index (χ2n) is 5.06. The summed E-state index contributed by atoms with van der Waals surface area (Å²) in [6, 6.07) is 0. The van der Waals surface area contributed by atoms with Crippen LogP contribution in [0, 0.1) is 12.8 Å². The van der Waals surface area contributed by atoms with E-state index in [1.54, 1.807) is 11.8 Å². The summed E-state index contributed by atoms with van der Waals surface area (Å²) in [6.45, 7) is 4.15. The largest absolute Gasteiger partial charge is 0.393 e. The lowest BCUT2D eigenvalue weighted by atomic mass is 9.97. The Kier molecular flexibility index (Phi) is 4.42. The first kappa shape index (κ1) is 15.4. The van der Waals surface area contributed by atoms with Crippen molar-refractivity contribution in [1.82, 2.24) is 9.97 Å². The zero-order valence-corrected chi connectivity index (χ0v) is 12.2. The van der Waals surface area contributed by atoms with Crippen molar-refractivity contribution >= 4 is 17.4 Å². The van der Waals surface area contributed by atoms with Crippen LogP contribution in [-0.4, -0.2) is 29.2 Å². The number of hydrogen-bond acceptors (Lipinski definition) is 3. The normalized spacial score (nSPS) is 20.3. The summed E-state index contributed by atoms with van der Waals surface area (Å²) in [5.41, 5.74) is 0.645. The van der Waals surface area contributed by atoms with E-state index in [0.29, 0.717) is 41.7 Å². The Balaban J connectivity index is 2.29. The Morgan fingerprint density at radius 1 is 1.35 bits per heavy atom. The molecule has 0 saturated carbocycles. The van der Waals surface area contributed by atoms with Gasteiger partial charge < -0.3 is 4.90 Å². The molecular weight excluding hydrogens is 291 g/mol. The van der Waals surface area contributed by atoms with Crippen LogP contribution in [0.3, 0.4) is 0 Å². The molecule has 0 bridgehead atoms. The van der Waals surface area contributed by atoms with Gasteiger partial charge in [0.05, 0.1) is 5.92 Å². The number of anilines is 1. The summed E-state index contributed by atoms with van der Waals surface area (Å²) in [6.07, 6.45) is -2.87. The highest BCUT2D eigenvalue weighted by Gasteiger charge is 2.42. The first-order chi connectivity index (χ1) is 9.32. The van der Waals surface area contributed by atoms with E-state index in [4.69, 9.17) is 11.6 Å². The molecule has 1 unspecified atom stereocenters. The van der Waals surface area contributed by atoms with Crippen LogP contribution in [0.2, 0.25) is 5.15 Å². The third kappa shape index (κ3) is 3.16. The molecule has 1 aliphatic rings. The second kappa shape index (κ2) is 5.76. The van der Waals surface area contributed by atoms with E-state index < -0.39 is 12.1 Å². The van der Waals surface area contributed by atoms with Crippen LogP contribution in [0.1, 0.15) is 31.2 Å². The smallest absolute Gasteiger partial charge is 0.356 e. The number of halogens is 4. The number of nitrogens with zero attached hydrogens (tertiary/aromatic N) is 3. The molecular formula is C13H17ClF3N3. The zero-order chi connectivity index (χ0) is 14.9. The quantitative estimate of drug-likeness (QED) is 0.779. The molecule has 0 aliphatic carbocycles. The van der Waals surface area contributed by atoms with E-state index >= 15 is 0 Å². The molecule has 1 aliphatic heterocycles. The molecule has 7 heteroatoms. The highest BCUT2D eigenvalue weighted by Crippen LogP contribution is 2.35. The van der Waals surface area contributed by atoms with Crippen LogP contribution in [0.5, 0.6) is 0 Å². The molecule has 0 spiro atoms. The van der Waals surface area contributed by atoms with Gasteiger partial charge >= 0.3 is 6.18 Å². The van der Waals surface area contributed by atoms with Crippen molar-refractivity contribution in [3.05, 3.63) is 16.5 Å². The molecule has 0 aromatic carbocycles. The average molecular weight is 308 g/mol. The topological polar surface area (TPSA) is 29.0 Å². The molecule has 1 fully saturated rings. The van der Waals surface area contributed by atoms with Crippen molar-refractivity contribution in [2.45, 2.75) is 39.3 Å². The molecule has 1 saturated heterocycles. The first-order valence-corrected chi connectivity index (χ1v) is 7.05. The second-order valence-corrected chi connectivity index (χ2v) is 5.42. The molecule has 0 N–H and O–H groups in total. The lowest BCUT2D eigenvalue weighted by Crippen LogP contribution is -2.42. The Morgan fingerprint density at radius 2 is 2.05 bits per heavy atom. The van der Waals surface area contributed by atoms with Gasteiger partial charge in [0.2, 0.25) is 0 Å². The third-order valence-corrected chi connectivity index (χ3v) is 3.98. The summed E-state index contributed by atoms with van der Waals surface area (Å²) >= 11 is 6.04. The highest BCUT2D eigenvalue weighted by molar-refractivity contribution is 6.30. The van der Waals surface area contributed by atoms with E-state index in [0.717, 1.165) is 0 Å². The molecule has 1 aromatic rings. The fourth-order valence-electron chi connectivity index (χ4n) is 2.42. The summed E-state index contributed by atoms with van der Waals surface area (Å²) in [5, 5.41) is 0.320. The summed E-state index contributed by atoms with van der Waals surface area (Å²) in [4.78, 5) is 10.2. The van der Waals surface area contributed by atoms with Gasteiger partial charge in [-0.25, -0.2) is 9.97 Å². The summed E-state index contributed by atoms with van der Waals surface area (Å²) in [7, 11) is 0. The van der Waals surface area contributed by atoms with E-state index in [-0.39, 0.29) is 13.0 Å². The number of rotatable bonds is 2. The van der Waals surface area contributed by atoms with Gasteiger partial charge in [-0.15, -0.1) is 0 Å². The fraction of sp³-hybridized carbons (Fsp3) is 0.692. The Morgan fingerprint density at radius 3 is 2.65 bits per heavy atom. The molecule has 0 radical (unpaired) electrons. The van der Waals surface area contributed by atoms with Gasteiger partial charge in [-0.3, -0.25) is 0 Å². The Bertz CT molecular complexity index is 490. The summed E-state index contributed by atoms with van der Waals surface area (Å²) < 4.78 is 38.6. The first-order valence-electron chi connectivity index (χ1n) is 6.67. The number of aryl methyl sites for hydroxylation is 1. The lowest BCUT2D eigenvalue weighted by Gasteiger charge is -2.35. The molecule has 1 atom stereocenters. The number of hydrogen-bond donors (Lipinski definition) is 0. The van der Waals surface area contributed by atoms with Crippen LogP contribution in [0.25, 0.3) is 0 Å². The van der Waals surface area contributed by atoms with Crippen molar-refractivity contribution < 1.29 is 13.2 Å². The minimum atomic E-state index is -4.16. The van der Waals surface area contributed by atoms with Crippen LogP contribution >= 0.6 is 11.6 Å². The van der Waals surface area contributed by atoms with Gasteiger partial charge in [0.25, 0.3) is 0 Å². The predicted octanol–water partition coefficient (Wildman–Crippen LogP) is 3.78. The maximum absolute atomic E-state index is 12.9. The third-order valence-electron chi connectivity index (χ3n) is 3.61. The van der Waals surface area contributed by atoms with Crippen LogP contribution < -0.4 is 4.90 Å². The van der Waals surface area contributed by atoms with Gasteiger partial charge in [-0.1, -0.05) is 18.5 Å². The average Bonchev–Trinajstić information content (AvgIpc) is 2.41. The van der Waals surface area contributed by atoms with Crippen LogP contribution in [0.15, 0.2) is 0 Å². The highest BCUT2D eigenvalue weighted by atomic mass is 35.5. The minimum Gasteiger partial charge on any atom is -0.356 e. The van der Waals surface area contributed by atoms with Gasteiger partial charge in [0.15, 0.2) is 0 Å². The van der Waals surface area contributed by atoms with Gasteiger partial charge in [-0.05, 0) is 19.8 Å². The van der Waals surface area contributed by atoms with Crippen molar-refractivity contribution in [1.29, 1.82) is 0 Å². The van der Waals surface area contributed by atoms with Gasteiger partial charge in [-0.2, -0.15) is 13.2 Å². The molecule has 2 heterocycles. The minimum absolute atomic E-state index is 0.0547. The Labute approximate surface area is 121 Å². The van der Waals surface area contributed by atoms with Gasteiger partial charge in [0.1, 0.15) is 16.8 Å². The van der Waals surface area contributed by atoms with Crippen molar-refractivity contribution in [3.8, 4) is 0 Å². The summed E-state index contributed by atoms with van der Waals surface area (Å²) in [5.74, 6) is -0.199. The van der Waals surface area contributed by atoms with Gasteiger partial charge in [0, 0.05) is 25.1 Å². The monoisotopic (exact) mass is 307 g/mol. The molecule has 0 amide bonds. The molecule has 2 rings (SSSR count). The number of piperidine rings is 1. The predicted molar refractivity (Wildman–Crippen MR) is 72.1 cm³/mol. The molecule has 1 aromatic heterocycles. The zero-order valence-electron chi connectivity index (χ0n) is 11.5. The maximum atomic E-state index is 12.9. The lowest BCUT2D eigenvalue weighted by molar-refractivity contribution is -0.176. The molecule has 3 nitrogen and oxygen atoms in total. The van der Waals surface area contributed by atoms with Crippen LogP contribution in [-0.2, 0) is 6.42 Å². The van der Waals surface area contributed by atoms with E-state index in [2.05, 4.69) is 9.97 Å². The van der Waals surface area contributed by atoms with E-state index in [1.165, 1.54) is 0 Å². The molecule has 112 valence electrons. The standard InChI is InChI=1S/C13H17ClF3N3/c1-3-10-18-11(14)8(2)12(19-10)20-6-4-5-9(7-20)13(15,16)17/h9H,3-7H2,1-2H3. The number of aromatic nitrogens is 2. The maximum Gasteiger partial charge on any atom is 0.393 e. The number of alkyl halides is 3. The van der Waals surface area contributed by atoms with Crippen LogP contribution in [0.4, 0.5) is 19.0 Å². The fourth-order valence-corrected chi connectivity index (χ4v) is 2.61. The van der Waals surface area contributed by atoms with E-state index in [1.807, 2.05) is 6.92 Å². The van der Waals surface area contributed by atoms with Crippen molar-refractivity contribution in [3.63, 3.8) is 0 Å². The van der Waals surface area contributed by atoms with Crippen molar-refractivity contribution in [2.24, 2.45) is 5.92 Å². The van der Waals surface area contributed by atoms with Crippen molar-refractivity contribution in [2.75, 3.05) is 18.0 Å². The molecule has 20 heavy (non-hydrogen) atoms. The Hall–Kier alpha value is -1.04. The van der Waals surface area contributed by atoms with E-state index in [9.17, 15) is 13.2 Å². The SMILES string of the molecule is CCc1nc(Cl)c(C)c(N2CCCC(C(F)(F)F)C2)n1.